The Balaban J connectivity index is 2.34. The van der Waals surface area contributed by atoms with E-state index in [-0.39, 0.29) is 17.9 Å². The molecule has 0 amide bonds. The van der Waals surface area contributed by atoms with E-state index in [1.807, 2.05) is 12.1 Å². The van der Waals surface area contributed by atoms with Crippen LogP contribution in [0.25, 0.3) is 0 Å². The lowest BCUT2D eigenvalue weighted by Crippen LogP contribution is -2.36. The van der Waals surface area contributed by atoms with Gasteiger partial charge in [-0.15, -0.1) is 0 Å². The quantitative estimate of drug-likeness (QED) is 0.735. The van der Waals surface area contributed by atoms with Gasteiger partial charge in [-0.25, -0.2) is 0 Å². The Morgan fingerprint density at radius 2 is 1.71 bits per heavy atom. The molecule has 3 unspecified atom stereocenters. The van der Waals surface area contributed by atoms with Crippen molar-refractivity contribution >= 4 is 0 Å². The van der Waals surface area contributed by atoms with Gasteiger partial charge in [0.2, 0.25) is 0 Å². The highest BCUT2D eigenvalue weighted by molar-refractivity contribution is 5.27. The van der Waals surface area contributed by atoms with Crippen molar-refractivity contribution < 1.29 is 18.6 Å². The average Bonchev–Trinajstić information content (AvgIpc) is 2.36. The zero-order chi connectivity index (χ0) is 15.8. The second-order valence-electron chi connectivity index (χ2n) is 5.61. The summed E-state index contributed by atoms with van der Waals surface area (Å²) >= 11 is 0. The highest BCUT2D eigenvalue weighted by Crippen LogP contribution is 2.16. The first-order valence-electron chi connectivity index (χ1n) is 7.34. The molecule has 0 bridgehead atoms. The number of hydrogen-bond donors (Lipinski definition) is 2. The van der Waals surface area contributed by atoms with Gasteiger partial charge in [-0.3, -0.25) is 0 Å². The molecule has 21 heavy (non-hydrogen) atoms. The molecule has 0 aliphatic heterocycles. The SMILES string of the molecule is CC(O)CC(C)NC(C)CCc1ccc(OC(F)F)cc1. The van der Waals surface area contributed by atoms with Crippen LogP contribution in [0.1, 0.15) is 39.2 Å². The van der Waals surface area contributed by atoms with E-state index in [0.29, 0.717) is 6.04 Å². The van der Waals surface area contributed by atoms with E-state index in [4.69, 9.17) is 0 Å². The molecule has 1 aromatic carbocycles. The lowest BCUT2D eigenvalue weighted by atomic mass is 10.0. The molecule has 0 fully saturated rings. The third-order valence-corrected chi connectivity index (χ3v) is 3.28. The van der Waals surface area contributed by atoms with E-state index in [0.717, 1.165) is 24.8 Å². The van der Waals surface area contributed by atoms with Gasteiger partial charge in [-0.05, 0) is 57.7 Å². The second-order valence-corrected chi connectivity index (χ2v) is 5.61. The molecule has 2 N–H and O–H groups in total. The molecular weight excluding hydrogens is 276 g/mol. The largest absolute Gasteiger partial charge is 0.435 e. The highest BCUT2D eigenvalue weighted by atomic mass is 19.3. The summed E-state index contributed by atoms with van der Waals surface area (Å²) in [5.74, 6) is 0.186. The fourth-order valence-electron chi connectivity index (χ4n) is 2.37. The summed E-state index contributed by atoms with van der Waals surface area (Å²) in [5, 5.41) is 12.8. The summed E-state index contributed by atoms with van der Waals surface area (Å²) < 4.78 is 28.4. The molecule has 1 aromatic rings. The number of alkyl halides is 2. The number of rotatable bonds is 9. The Hall–Kier alpha value is -1.20. The van der Waals surface area contributed by atoms with E-state index in [2.05, 4.69) is 23.9 Å². The van der Waals surface area contributed by atoms with Crippen LogP contribution < -0.4 is 10.1 Å². The van der Waals surface area contributed by atoms with E-state index >= 15 is 0 Å². The third-order valence-electron chi connectivity index (χ3n) is 3.28. The van der Waals surface area contributed by atoms with Gasteiger partial charge in [-0.2, -0.15) is 8.78 Å². The fraction of sp³-hybridized carbons (Fsp3) is 0.625. The molecule has 0 aromatic heterocycles. The standard InChI is InChI=1S/C16H25F2NO2/c1-11(19-12(2)10-13(3)20)4-5-14-6-8-15(9-7-14)21-16(17)18/h6-9,11-13,16,19-20H,4-5,10H2,1-3H3. The van der Waals surface area contributed by atoms with Crippen molar-refractivity contribution in [3.8, 4) is 5.75 Å². The summed E-state index contributed by atoms with van der Waals surface area (Å²) in [6.07, 6.45) is 2.23. The van der Waals surface area contributed by atoms with Crippen molar-refractivity contribution in [2.24, 2.45) is 0 Å². The lowest BCUT2D eigenvalue weighted by molar-refractivity contribution is -0.0498. The normalized spacial score (nSPS) is 15.8. The molecule has 5 heteroatoms. The first-order chi connectivity index (χ1) is 9.86. The fourth-order valence-corrected chi connectivity index (χ4v) is 2.37. The van der Waals surface area contributed by atoms with Crippen LogP contribution in [0.2, 0.25) is 0 Å². The molecule has 120 valence electrons. The van der Waals surface area contributed by atoms with Crippen LogP contribution in [0.3, 0.4) is 0 Å². The van der Waals surface area contributed by atoms with Gasteiger partial charge >= 0.3 is 6.61 Å². The van der Waals surface area contributed by atoms with Crippen LogP contribution in [-0.4, -0.2) is 29.9 Å². The zero-order valence-corrected chi connectivity index (χ0v) is 12.9. The van der Waals surface area contributed by atoms with Crippen molar-refractivity contribution in [1.29, 1.82) is 0 Å². The van der Waals surface area contributed by atoms with Crippen molar-refractivity contribution in [3.05, 3.63) is 29.8 Å². The highest BCUT2D eigenvalue weighted by Gasteiger charge is 2.10. The monoisotopic (exact) mass is 301 g/mol. The number of halogens is 2. The lowest BCUT2D eigenvalue weighted by Gasteiger charge is -2.21. The maximum Gasteiger partial charge on any atom is 0.387 e. The molecule has 0 aliphatic carbocycles. The maximum atomic E-state index is 12.0. The molecule has 0 radical (unpaired) electrons. The molecule has 0 saturated heterocycles. The first kappa shape index (κ1) is 17.9. The van der Waals surface area contributed by atoms with Gasteiger partial charge in [0.05, 0.1) is 6.10 Å². The predicted octanol–water partition coefficient (Wildman–Crippen LogP) is 3.36. The van der Waals surface area contributed by atoms with Crippen LogP contribution in [0, 0.1) is 0 Å². The van der Waals surface area contributed by atoms with Crippen LogP contribution in [0.15, 0.2) is 24.3 Å². The van der Waals surface area contributed by atoms with E-state index < -0.39 is 6.61 Å². The summed E-state index contributed by atoms with van der Waals surface area (Å²) in [6, 6.07) is 7.34. The molecular formula is C16H25F2NO2. The number of aliphatic hydroxyl groups is 1. The Labute approximate surface area is 125 Å². The van der Waals surface area contributed by atoms with Crippen molar-refractivity contribution in [3.63, 3.8) is 0 Å². The van der Waals surface area contributed by atoms with E-state index in [1.54, 1.807) is 19.1 Å². The number of aliphatic hydroxyl groups excluding tert-OH is 1. The van der Waals surface area contributed by atoms with Crippen LogP contribution in [0.5, 0.6) is 5.75 Å². The second kappa shape index (κ2) is 8.95. The van der Waals surface area contributed by atoms with Gasteiger partial charge in [0.25, 0.3) is 0 Å². The Morgan fingerprint density at radius 3 is 2.24 bits per heavy atom. The van der Waals surface area contributed by atoms with Crippen LogP contribution in [-0.2, 0) is 6.42 Å². The van der Waals surface area contributed by atoms with Gasteiger partial charge in [0, 0.05) is 12.1 Å². The predicted molar refractivity (Wildman–Crippen MR) is 79.8 cm³/mol. The summed E-state index contributed by atoms with van der Waals surface area (Å²) in [7, 11) is 0. The maximum absolute atomic E-state index is 12.0. The van der Waals surface area contributed by atoms with Crippen molar-refractivity contribution in [1.82, 2.24) is 5.32 Å². The number of ether oxygens (including phenoxy) is 1. The first-order valence-corrected chi connectivity index (χ1v) is 7.34. The van der Waals surface area contributed by atoms with E-state index in [1.165, 1.54) is 0 Å². The van der Waals surface area contributed by atoms with Crippen molar-refractivity contribution in [2.45, 2.75) is 64.8 Å². The minimum atomic E-state index is -2.78. The van der Waals surface area contributed by atoms with E-state index in [9.17, 15) is 13.9 Å². The average molecular weight is 301 g/mol. The Bertz CT molecular complexity index is 396. The summed E-state index contributed by atoms with van der Waals surface area (Å²) in [6.45, 7) is 3.16. The number of hydrogen-bond acceptors (Lipinski definition) is 3. The number of aryl methyl sites for hydroxylation is 1. The topological polar surface area (TPSA) is 41.5 Å². The van der Waals surface area contributed by atoms with Gasteiger partial charge in [-0.1, -0.05) is 12.1 Å². The molecule has 3 atom stereocenters. The van der Waals surface area contributed by atoms with Crippen molar-refractivity contribution in [2.75, 3.05) is 0 Å². The Kier molecular flexibility index (Phi) is 7.61. The molecule has 0 spiro atoms. The molecule has 3 nitrogen and oxygen atoms in total. The minimum Gasteiger partial charge on any atom is -0.435 e. The zero-order valence-electron chi connectivity index (χ0n) is 12.9. The number of benzene rings is 1. The van der Waals surface area contributed by atoms with Gasteiger partial charge in [0.15, 0.2) is 0 Å². The minimum absolute atomic E-state index is 0.186. The number of nitrogens with one attached hydrogen (secondary N) is 1. The van der Waals surface area contributed by atoms with Crippen LogP contribution >= 0.6 is 0 Å². The third kappa shape index (κ3) is 7.97. The Morgan fingerprint density at radius 1 is 1.10 bits per heavy atom. The molecule has 0 aliphatic rings. The van der Waals surface area contributed by atoms with Gasteiger partial charge in [0.1, 0.15) is 5.75 Å². The van der Waals surface area contributed by atoms with Crippen LogP contribution in [0.4, 0.5) is 8.78 Å². The summed E-state index contributed by atoms with van der Waals surface area (Å²) in [4.78, 5) is 0. The molecule has 1 rings (SSSR count). The smallest absolute Gasteiger partial charge is 0.387 e. The summed E-state index contributed by atoms with van der Waals surface area (Å²) in [5.41, 5.74) is 1.09. The molecule has 0 heterocycles. The molecule has 0 saturated carbocycles. The van der Waals surface area contributed by atoms with Gasteiger partial charge < -0.3 is 15.2 Å².